The van der Waals surface area contributed by atoms with Crippen molar-refractivity contribution in [1.29, 1.82) is 0 Å². The van der Waals surface area contributed by atoms with E-state index in [0.29, 0.717) is 6.04 Å². The van der Waals surface area contributed by atoms with Gasteiger partial charge in [0, 0.05) is 31.4 Å². The van der Waals surface area contributed by atoms with Crippen molar-refractivity contribution < 1.29 is 14.6 Å². The van der Waals surface area contributed by atoms with E-state index in [0.717, 1.165) is 49.5 Å². The van der Waals surface area contributed by atoms with Crippen LogP contribution in [0.25, 0.3) is 0 Å². The molecule has 114 valence electrons. The van der Waals surface area contributed by atoms with Crippen LogP contribution in [0.1, 0.15) is 24.0 Å². The van der Waals surface area contributed by atoms with E-state index in [4.69, 9.17) is 14.6 Å². The first-order valence-electron chi connectivity index (χ1n) is 7.29. The monoisotopic (exact) mass is 289 g/mol. The first-order chi connectivity index (χ1) is 10.2. The molecule has 0 atom stereocenters. The normalized spacial score (nSPS) is 15.6. The van der Waals surface area contributed by atoms with E-state index >= 15 is 0 Å². The third-order valence-electron chi connectivity index (χ3n) is 3.85. The Morgan fingerprint density at radius 1 is 1.38 bits per heavy atom. The molecule has 0 radical (unpaired) electrons. The van der Waals surface area contributed by atoms with Gasteiger partial charge in [-0.25, -0.2) is 0 Å². The molecule has 1 aromatic rings. The number of hydrogen-bond donors (Lipinski definition) is 1. The van der Waals surface area contributed by atoms with E-state index in [-0.39, 0.29) is 6.61 Å². The third kappa shape index (κ3) is 4.47. The molecule has 2 rings (SSSR count). The number of methoxy groups -OCH3 is 1. The topological polar surface area (TPSA) is 41.9 Å². The standard InChI is InChI=1S/C17H23NO3/c1-18(16-7-10-21-11-8-16)13-15-12-17(20-2)6-5-14(15)4-3-9-19/h5-6,12,16,19H,7-11,13H2,1-2H3. The van der Waals surface area contributed by atoms with Crippen molar-refractivity contribution in [1.82, 2.24) is 4.90 Å². The van der Waals surface area contributed by atoms with Gasteiger partial charge in [-0.05, 0) is 43.7 Å². The SMILES string of the molecule is COc1ccc(C#CCO)c(CN(C)C2CCOCC2)c1. The van der Waals surface area contributed by atoms with E-state index in [2.05, 4.69) is 23.8 Å². The molecular weight excluding hydrogens is 266 g/mol. The molecule has 1 aromatic carbocycles. The van der Waals surface area contributed by atoms with Gasteiger partial charge in [0.1, 0.15) is 12.4 Å². The van der Waals surface area contributed by atoms with Gasteiger partial charge in [-0.3, -0.25) is 4.90 Å². The maximum Gasteiger partial charge on any atom is 0.119 e. The molecule has 21 heavy (non-hydrogen) atoms. The van der Waals surface area contributed by atoms with E-state index in [1.807, 2.05) is 18.2 Å². The average molecular weight is 289 g/mol. The summed E-state index contributed by atoms with van der Waals surface area (Å²) in [5.74, 6) is 6.57. The lowest BCUT2D eigenvalue weighted by molar-refractivity contribution is 0.0406. The minimum atomic E-state index is -0.124. The van der Waals surface area contributed by atoms with Crippen LogP contribution in [0.15, 0.2) is 18.2 Å². The minimum Gasteiger partial charge on any atom is -0.497 e. The van der Waals surface area contributed by atoms with E-state index < -0.39 is 0 Å². The van der Waals surface area contributed by atoms with Crippen LogP contribution in [0.4, 0.5) is 0 Å². The molecule has 1 saturated heterocycles. The average Bonchev–Trinajstić information content (AvgIpc) is 2.54. The Morgan fingerprint density at radius 3 is 2.81 bits per heavy atom. The van der Waals surface area contributed by atoms with Crippen LogP contribution in [0.2, 0.25) is 0 Å². The highest BCUT2D eigenvalue weighted by Gasteiger charge is 2.19. The quantitative estimate of drug-likeness (QED) is 0.856. The van der Waals surface area contributed by atoms with Crippen molar-refractivity contribution in [3.63, 3.8) is 0 Å². The third-order valence-corrected chi connectivity index (χ3v) is 3.85. The van der Waals surface area contributed by atoms with Crippen molar-refractivity contribution in [3.05, 3.63) is 29.3 Å². The summed E-state index contributed by atoms with van der Waals surface area (Å²) in [6.45, 7) is 2.37. The predicted molar refractivity (Wildman–Crippen MR) is 82.3 cm³/mol. The zero-order valence-electron chi connectivity index (χ0n) is 12.8. The molecule has 4 heteroatoms. The van der Waals surface area contributed by atoms with Gasteiger partial charge >= 0.3 is 0 Å². The van der Waals surface area contributed by atoms with Crippen molar-refractivity contribution in [2.24, 2.45) is 0 Å². The summed E-state index contributed by atoms with van der Waals surface area (Å²) < 4.78 is 10.7. The van der Waals surface area contributed by atoms with Crippen LogP contribution in [0.3, 0.4) is 0 Å². The van der Waals surface area contributed by atoms with E-state index in [9.17, 15) is 0 Å². The van der Waals surface area contributed by atoms with Gasteiger partial charge in [0.25, 0.3) is 0 Å². The summed E-state index contributed by atoms with van der Waals surface area (Å²) in [5.41, 5.74) is 2.08. The molecule has 0 spiro atoms. The van der Waals surface area contributed by atoms with Crippen molar-refractivity contribution >= 4 is 0 Å². The zero-order valence-corrected chi connectivity index (χ0v) is 12.8. The number of rotatable bonds is 4. The highest BCUT2D eigenvalue weighted by atomic mass is 16.5. The van der Waals surface area contributed by atoms with Crippen LogP contribution in [0.5, 0.6) is 5.75 Å². The molecule has 0 saturated carbocycles. The fraction of sp³-hybridized carbons (Fsp3) is 0.529. The van der Waals surface area contributed by atoms with Gasteiger partial charge in [0.05, 0.1) is 7.11 Å². The fourth-order valence-electron chi connectivity index (χ4n) is 2.61. The molecule has 4 nitrogen and oxygen atoms in total. The summed E-state index contributed by atoms with van der Waals surface area (Å²) in [6, 6.07) is 6.43. The lowest BCUT2D eigenvalue weighted by Crippen LogP contribution is -2.36. The summed E-state index contributed by atoms with van der Waals surface area (Å²) in [5, 5.41) is 8.88. The molecular formula is C17H23NO3. The number of aliphatic hydroxyl groups is 1. The Bertz CT molecular complexity index is 513. The zero-order chi connectivity index (χ0) is 15.1. The number of ether oxygens (including phenoxy) is 2. The lowest BCUT2D eigenvalue weighted by atomic mass is 10.0. The maximum absolute atomic E-state index is 8.88. The van der Waals surface area contributed by atoms with Gasteiger partial charge in [-0.15, -0.1) is 0 Å². The summed E-state index contributed by atoms with van der Waals surface area (Å²) in [4.78, 5) is 2.35. The number of hydrogen-bond acceptors (Lipinski definition) is 4. The molecule has 0 aliphatic carbocycles. The first-order valence-corrected chi connectivity index (χ1v) is 7.29. The minimum absolute atomic E-state index is 0.124. The molecule has 0 amide bonds. The Kier molecular flexibility index (Phi) is 6.06. The van der Waals surface area contributed by atoms with Crippen molar-refractivity contribution in [3.8, 4) is 17.6 Å². The van der Waals surface area contributed by atoms with Gasteiger partial charge in [0.15, 0.2) is 0 Å². The molecule has 1 N–H and O–H groups in total. The van der Waals surface area contributed by atoms with E-state index in [1.165, 1.54) is 0 Å². The van der Waals surface area contributed by atoms with Crippen molar-refractivity contribution in [2.45, 2.75) is 25.4 Å². The van der Waals surface area contributed by atoms with Crippen LogP contribution < -0.4 is 4.74 Å². The maximum atomic E-state index is 8.88. The highest BCUT2D eigenvalue weighted by Crippen LogP contribution is 2.21. The van der Waals surface area contributed by atoms with Crippen molar-refractivity contribution in [2.75, 3.05) is 34.0 Å². The number of aliphatic hydroxyl groups excluding tert-OH is 1. The highest BCUT2D eigenvalue weighted by molar-refractivity contribution is 5.45. The van der Waals surface area contributed by atoms with Gasteiger partial charge in [-0.1, -0.05) is 11.8 Å². The number of nitrogens with zero attached hydrogens (tertiary/aromatic N) is 1. The second-order valence-electron chi connectivity index (χ2n) is 5.24. The van der Waals surface area contributed by atoms with Crippen LogP contribution in [-0.4, -0.2) is 50.0 Å². The number of benzene rings is 1. The summed E-state index contributed by atoms with van der Waals surface area (Å²) in [6.07, 6.45) is 2.14. The second kappa shape index (κ2) is 8.04. The van der Waals surface area contributed by atoms with Gasteiger partial charge in [0.2, 0.25) is 0 Å². The first kappa shape index (κ1) is 15.8. The summed E-state index contributed by atoms with van der Waals surface area (Å²) in [7, 11) is 3.80. The van der Waals surface area contributed by atoms with Crippen LogP contribution in [0, 0.1) is 11.8 Å². The van der Waals surface area contributed by atoms with Crippen LogP contribution >= 0.6 is 0 Å². The van der Waals surface area contributed by atoms with Crippen LogP contribution in [-0.2, 0) is 11.3 Å². The van der Waals surface area contributed by atoms with Gasteiger partial charge in [-0.2, -0.15) is 0 Å². The molecule has 0 aromatic heterocycles. The molecule has 0 bridgehead atoms. The molecule has 1 aliphatic heterocycles. The molecule has 1 aliphatic rings. The van der Waals surface area contributed by atoms with Gasteiger partial charge < -0.3 is 14.6 Å². The van der Waals surface area contributed by atoms with E-state index in [1.54, 1.807) is 7.11 Å². The fourth-order valence-corrected chi connectivity index (χ4v) is 2.61. The summed E-state index contributed by atoms with van der Waals surface area (Å²) >= 11 is 0. The Labute approximate surface area is 126 Å². The largest absolute Gasteiger partial charge is 0.497 e. The molecule has 0 unspecified atom stereocenters. The Hall–Kier alpha value is -1.54. The lowest BCUT2D eigenvalue weighted by Gasteiger charge is -2.31. The predicted octanol–water partition coefficient (Wildman–Crippen LogP) is 1.65. The smallest absolute Gasteiger partial charge is 0.119 e. The molecule has 1 fully saturated rings. The Morgan fingerprint density at radius 2 is 2.14 bits per heavy atom. The molecule has 1 heterocycles. The Balaban J connectivity index is 2.15. The second-order valence-corrected chi connectivity index (χ2v) is 5.24.